The van der Waals surface area contributed by atoms with Crippen molar-refractivity contribution in [2.24, 2.45) is 0 Å². The molecule has 0 saturated carbocycles. The predicted octanol–water partition coefficient (Wildman–Crippen LogP) is 1.51. The molecule has 1 aromatic carbocycles. The topological polar surface area (TPSA) is 91.8 Å². The molecule has 2 fully saturated rings. The number of thioether (sulfide) groups is 1. The van der Waals surface area contributed by atoms with Crippen molar-refractivity contribution < 1.29 is 27.2 Å². The highest BCUT2D eigenvalue weighted by molar-refractivity contribution is 8.18. The summed E-state index contributed by atoms with van der Waals surface area (Å²) >= 11 is 0.705. The van der Waals surface area contributed by atoms with Crippen LogP contribution < -0.4 is 0 Å². The second-order valence-electron chi connectivity index (χ2n) is 6.38. The number of halogens is 1. The minimum absolute atomic E-state index is 0.0251. The van der Waals surface area contributed by atoms with Gasteiger partial charge in [-0.1, -0.05) is 12.1 Å². The van der Waals surface area contributed by atoms with E-state index in [4.69, 9.17) is 0 Å². The SMILES string of the molecule is CN(C(=O)CN1C(=O)S/C(=C\c2ccc(F)cc2)C1=O)[C@@H]1CCS(=O)(=O)C1. The van der Waals surface area contributed by atoms with Crippen molar-refractivity contribution in [3.8, 4) is 0 Å². The quantitative estimate of drug-likeness (QED) is 0.696. The molecule has 2 aliphatic heterocycles. The van der Waals surface area contributed by atoms with Crippen LogP contribution in [-0.4, -0.2) is 66.4 Å². The Labute approximate surface area is 160 Å². The molecule has 0 bridgehead atoms. The third-order valence-electron chi connectivity index (χ3n) is 4.48. The van der Waals surface area contributed by atoms with Gasteiger partial charge in [0.1, 0.15) is 12.4 Å². The van der Waals surface area contributed by atoms with E-state index in [2.05, 4.69) is 0 Å². The Hall–Kier alpha value is -2.20. The molecule has 2 heterocycles. The van der Waals surface area contributed by atoms with E-state index in [1.165, 1.54) is 42.3 Å². The van der Waals surface area contributed by atoms with Gasteiger partial charge >= 0.3 is 0 Å². The van der Waals surface area contributed by atoms with Crippen molar-refractivity contribution in [3.63, 3.8) is 0 Å². The van der Waals surface area contributed by atoms with Crippen LogP contribution >= 0.6 is 11.8 Å². The largest absolute Gasteiger partial charge is 0.340 e. The fourth-order valence-corrected chi connectivity index (χ4v) is 5.49. The zero-order chi connectivity index (χ0) is 19.8. The molecule has 2 saturated heterocycles. The van der Waals surface area contributed by atoms with Crippen LogP contribution in [-0.2, 0) is 19.4 Å². The molecule has 0 aliphatic carbocycles. The summed E-state index contributed by atoms with van der Waals surface area (Å²) in [6.07, 6.45) is 1.80. The van der Waals surface area contributed by atoms with Crippen LogP contribution in [0.15, 0.2) is 29.2 Å². The molecule has 0 spiro atoms. The summed E-state index contributed by atoms with van der Waals surface area (Å²) < 4.78 is 36.1. The van der Waals surface area contributed by atoms with Gasteiger partial charge in [0, 0.05) is 13.1 Å². The summed E-state index contributed by atoms with van der Waals surface area (Å²) in [6, 6.07) is 4.98. The number of rotatable bonds is 4. The maximum atomic E-state index is 13.0. The Kier molecular flexibility index (Phi) is 5.38. The fraction of sp³-hybridized carbons (Fsp3) is 0.353. The lowest BCUT2D eigenvalue weighted by molar-refractivity contribution is -0.136. The number of carbonyl (C=O) groups excluding carboxylic acids is 3. The van der Waals surface area contributed by atoms with Crippen LogP contribution in [0.1, 0.15) is 12.0 Å². The Bertz CT molecular complexity index is 927. The van der Waals surface area contributed by atoms with Gasteiger partial charge in [0.2, 0.25) is 5.91 Å². The normalized spacial score (nSPS) is 23.3. The summed E-state index contributed by atoms with van der Waals surface area (Å²) in [6.45, 7) is -0.446. The van der Waals surface area contributed by atoms with Gasteiger partial charge in [0.25, 0.3) is 11.1 Å². The first-order valence-corrected chi connectivity index (χ1v) is 10.8. The van der Waals surface area contributed by atoms with E-state index < -0.39 is 45.3 Å². The fourth-order valence-electron chi connectivity index (χ4n) is 2.88. The number of carbonyl (C=O) groups is 3. The van der Waals surface area contributed by atoms with Crippen LogP contribution in [0.2, 0.25) is 0 Å². The maximum absolute atomic E-state index is 13.0. The third-order valence-corrected chi connectivity index (χ3v) is 7.14. The summed E-state index contributed by atoms with van der Waals surface area (Å²) in [4.78, 5) is 39.2. The molecule has 144 valence electrons. The molecule has 3 amide bonds. The standard InChI is InChI=1S/C17H17FN2O5S2/c1-19(13-6-7-27(24,25)10-13)15(21)9-20-16(22)14(26-17(20)23)8-11-2-4-12(18)5-3-11/h2-5,8,13H,6-7,9-10H2,1H3/b14-8-/t13-/m1/s1. The van der Waals surface area contributed by atoms with Gasteiger partial charge in [-0.2, -0.15) is 0 Å². The molecule has 3 rings (SSSR count). The molecule has 0 unspecified atom stereocenters. The lowest BCUT2D eigenvalue weighted by Gasteiger charge is -2.25. The highest BCUT2D eigenvalue weighted by Gasteiger charge is 2.39. The van der Waals surface area contributed by atoms with E-state index in [-0.39, 0.29) is 16.4 Å². The molecule has 0 N–H and O–H groups in total. The van der Waals surface area contributed by atoms with Crippen LogP contribution in [0, 0.1) is 5.82 Å². The Morgan fingerprint density at radius 3 is 2.59 bits per heavy atom. The van der Waals surface area contributed by atoms with Gasteiger partial charge in [-0.15, -0.1) is 0 Å². The van der Waals surface area contributed by atoms with Gasteiger partial charge in [0.15, 0.2) is 9.84 Å². The minimum Gasteiger partial charge on any atom is -0.340 e. The van der Waals surface area contributed by atoms with Gasteiger partial charge in [-0.3, -0.25) is 19.3 Å². The lowest BCUT2D eigenvalue weighted by atomic mass is 10.2. The molecule has 1 atom stereocenters. The van der Waals surface area contributed by atoms with Crippen molar-refractivity contribution in [1.82, 2.24) is 9.80 Å². The first-order chi connectivity index (χ1) is 12.7. The third kappa shape index (κ3) is 4.38. The summed E-state index contributed by atoms with van der Waals surface area (Å²) in [5.74, 6) is -1.60. The van der Waals surface area contributed by atoms with E-state index in [1.807, 2.05) is 0 Å². The monoisotopic (exact) mass is 412 g/mol. The molecule has 0 radical (unpaired) electrons. The van der Waals surface area contributed by atoms with Crippen LogP contribution in [0.3, 0.4) is 0 Å². The molecular weight excluding hydrogens is 395 g/mol. The molecular formula is C17H17FN2O5S2. The lowest BCUT2D eigenvalue weighted by Crippen LogP contribution is -2.45. The van der Waals surface area contributed by atoms with Crippen molar-refractivity contribution in [2.45, 2.75) is 12.5 Å². The molecule has 10 heteroatoms. The molecule has 27 heavy (non-hydrogen) atoms. The molecule has 1 aromatic rings. The minimum atomic E-state index is -3.15. The number of hydrogen-bond donors (Lipinski definition) is 0. The van der Waals surface area contributed by atoms with Gasteiger partial charge in [-0.05, 0) is 42.0 Å². The first kappa shape index (κ1) is 19.6. The average molecular weight is 412 g/mol. The second-order valence-corrected chi connectivity index (χ2v) is 9.60. The Balaban J connectivity index is 1.68. The predicted molar refractivity (Wildman–Crippen MR) is 98.9 cm³/mol. The van der Waals surface area contributed by atoms with Crippen molar-refractivity contribution >= 4 is 44.7 Å². The smallest absolute Gasteiger partial charge is 0.294 e. The van der Waals surface area contributed by atoms with Crippen LogP contribution in [0.25, 0.3) is 6.08 Å². The van der Waals surface area contributed by atoms with E-state index in [1.54, 1.807) is 0 Å². The number of likely N-dealkylation sites (N-methyl/N-ethyl adjacent to an activating group) is 1. The van der Waals surface area contributed by atoms with E-state index >= 15 is 0 Å². The van der Waals surface area contributed by atoms with Crippen molar-refractivity contribution in [3.05, 3.63) is 40.6 Å². The van der Waals surface area contributed by atoms with Gasteiger partial charge < -0.3 is 4.90 Å². The summed E-state index contributed by atoms with van der Waals surface area (Å²) in [5, 5.41) is -0.575. The molecule has 0 aromatic heterocycles. The Morgan fingerprint density at radius 1 is 1.33 bits per heavy atom. The van der Waals surface area contributed by atoms with E-state index in [9.17, 15) is 27.2 Å². The second kappa shape index (κ2) is 7.43. The highest BCUT2D eigenvalue weighted by atomic mass is 32.2. The Morgan fingerprint density at radius 2 is 2.00 bits per heavy atom. The molecule has 2 aliphatic rings. The zero-order valence-corrected chi connectivity index (χ0v) is 16.1. The van der Waals surface area contributed by atoms with E-state index in [0.717, 1.165) is 4.90 Å². The zero-order valence-electron chi connectivity index (χ0n) is 14.4. The van der Waals surface area contributed by atoms with Crippen molar-refractivity contribution in [2.75, 3.05) is 25.1 Å². The van der Waals surface area contributed by atoms with E-state index in [0.29, 0.717) is 23.7 Å². The summed E-state index contributed by atoms with van der Waals surface area (Å²) in [5.41, 5.74) is 0.557. The van der Waals surface area contributed by atoms with Crippen LogP contribution in [0.5, 0.6) is 0 Å². The highest BCUT2D eigenvalue weighted by Crippen LogP contribution is 2.32. The van der Waals surface area contributed by atoms with Crippen LogP contribution in [0.4, 0.5) is 9.18 Å². The maximum Gasteiger partial charge on any atom is 0.294 e. The van der Waals surface area contributed by atoms with Crippen molar-refractivity contribution in [1.29, 1.82) is 0 Å². The first-order valence-electron chi connectivity index (χ1n) is 8.13. The van der Waals surface area contributed by atoms with Gasteiger partial charge in [0.05, 0.1) is 16.4 Å². The number of benzene rings is 1. The summed E-state index contributed by atoms with van der Waals surface area (Å²) in [7, 11) is -1.68. The number of nitrogens with zero attached hydrogens (tertiary/aromatic N) is 2. The number of hydrogen-bond acceptors (Lipinski definition) is 6. The van der Waals surface area contributed by atoms with Gasteiger partial charge in [-0.25, -0.2) is 12.8 Å². The number of amides is 3. The number of imide groups is 1. The number of sulfone groups is 1. The average Bonchev–Trinajstić information content (AvgIpc) is 3.10. The molecule has 7 nitrogen and oxygen atoms in total.